The molecule has 0 unspecified atom stereocenters. The Kier molecular flexibility index (Phi) is 4.56. The number of hydrogen-bond acceptors (Lipinski definition) is 5. The van der Waals surface area contributed by atoms with Gasteiger partial charge in [-0.05, 0) is 5.92 Å². The van der Waals surface area contributed by atoms with Gasteiger partial charge in [0.2, 0.25) is 5.91 Å². The summed E-state index contributed by atoms with van der Waals surface area (Å²) in [5.74, 6) is 0.771. The molecular weight excluding hydrogens is 324 g/mol. The van der Waals surface area contributed by atoms with Gasteiger partial charge in [0.05, 0.1) is 25.3 Å². The zero-order valence-electron chi connectivity index (χ0n) is 14.1. The number of carbonyl (C=O) groups excluding carboxylic acids is 1. The molecular formula is C17H24N4O2S. The second kappa shape index (κ2) is 6.82. The third-order valence-corrected chi connectivity index (χ3v) is 6.04. The molecule has 0 aliphatic carbocycles. The van der Waals surface area contributed by atoms with E-state index in [-0.39, 0.29) is 5.91 Å². The first-order valence-corrected chi connectivity index (χ1v) is 9.63. The van der Waals surface area contributed by atoms with Gasteiger partial charge in [0.1, 0.15) is 0 Å². The van der Waals surface area contributed by atoms with Crippen molar-refractivity contribution in [1.29, 1.82) is 0 Å². The lowest BCUT2D eigenvalue weighted by Crippen LogP contribution is -2.47. The number of fused-ring (bicyclic) bond motifs is 1. The molecule has 24 heavy (non-hydrogen) atoms. The van der Waals surface area contributed by atoms with Crippen molar-refractivity contribution >= 4 is 22.2 Å². The van der Waals surface area contributed by atoms with Gasteiger partial charge in [-0.2, -0.15) is 0 Å². The highest BCUT2D eigenvalue weighted by Gasteiger charge is 2.38. The second-order valence-electron chi connectivity index (χ2n) is 6.68. The third kappa shape index (κ3) is 3.08. The maximum Gasteiger partial charge on any atom is 0.228 e. The van der Waals surface area contributed by atoms with E-state index >= 15 is 0 Å². The van der Waals surface area contributed by atoms with Crippen molar-refractivity contribution in [1.82, 2.24) is 19.2 Å². The number of carbonyl (C=O) groups is 1. The van der Waals surface area contributed by atoms with E-state index < -0.39 is 0 Å². The summed E-state index contributed by atoms with van der Waals surface area (Å²) < 4.78 is 7.46. The molecule has 0 bridgehead atoms. The Hall–Kier alpha value is -1.44. The van der Waals surface area contributed by atoms with Crippen molar-refractivity contribution < 1.29 is 9.53 Å². The fourth-order valence-corrected chi connectivity index (χ4v) is 4.63. The molecule has 0 radical (unpaired) electrons. The predicted octanol–water partition coefficient (Wildman–Crippen LogP) is 1.51. The maximum absolute atomic E-state index is 12.7. The number of amides is 1. The van der Waals surface area contributed by atoms with Gasteiger partial charge in [0.25, 0.3) is 0 Å². The van der Waals surface area contributed by atoms with E-state index in [1.54, 1.807) is 11.3 Å². The van der Waals surface area contributed by atoms with Crippen LogP contribution >= 0.6 is 11.3 Å². The average molecular weight is 348 g/mol. The zero-order valence-corrected chi connectivity index (χ0v) is 14.9. The number of nitrogens with zero attached hydrogens (tertiary/aromatic N) is 4. The Labute approximate surface area is 146 Å². The van der Waals surface area contributed by atoms with Gasteiger partial charge in [0.15, 0.2) is 4.96 Å². The van der Waals surface area contributed by atoms with Crippen molar-refractivity contribution in [3.63, 3.8) is 0 Å². The van der Waals surface area contributed by atoms with E-state index in [1.165, 1.54) is 0 Å². The molecule has 2 aliphatic heterocycles. The standard InChI is InChI=1S/C17H24N4O2S/c1-2-13-10-21(12-15(13)19-3-6-23-7-4-19)16(22)9-14-11-20-5-8-24-17(20)18-14/h5,8,11,13,15H,2-4,6-7,9-10,12H2,1H3/t13-,15+/m0/s1. The lowest BCUT2D eigenvalue weighted by atomic mass is 9.99. The fourth-order valence-electron chi connectivity index (χ4n) is 3.91. The molecule has 2 fully saturated rings. The van der Waals surface area contributed by atoms with Crippen LogP contribution in [0.25, 0.3) is 4.96 Å². The molecule has 2 aromatic heterocycles. The lowest BCUT2D eigenvalue weighted by Gasteiger charge is -2.34. The zero-order chi connectivity index (χ0) is 16.5. The molecule has 2 saturated heterocycles. The van der Waals surface area contributed by atoms with Gasteiger partial charge in [-0.15, -0.1) is 11.3 Å². The molecule has 2 aromatic rings. The largest absolute Gasteiger partial charge is 0.379 e. The van der Waals surface area contributed by atoms with Crippen molar-refractivity contribution in [2.75, 3.05) is 39.4 Å². The minimum atomic E-state index is 0.204. The summed E-state index contributed by atoms with van der Waals surface area (Å²) in [5, 5.41) is 2.01. The minimum absolute atomic E-state index is 0.204. The summed E-state index contributed by atoms with van der Waals surface area (Å²) in [5.41, 5.74) is 0.870. The average Bonchev–Trinajstić information content (AvgIpc) is 3.29. The first-order valence-electron chi connectivity index (χ1n) is 8.75. The summed E-state index contributed by atoms with van der Waals surface area (Å²) in [6, 6.07) is 0.480. The van der Waals surface area contributed by atoms with Crippen LogP contribution in [-0.4, -0.2) is 70.5 Å². The Balaban J connectivity index is 1.41. The van der Waals surface area contributed by atoms with E-state index in [4.69, 9.17) is 4.74 Å². The van der Waals surface area contributed by atoms with Crippen LogP contribution in [0.4, 0.5) is 0 Å². The van der Waals surface area contributed by atoms with Gasteiger partial charge in [-0.3, -0.25) is 14.1 Å². The molecule has 7 heteroatoms. The molecule has 0 aromatic carbocycles. The molecule has 6 nitrogen and oxygen atoms in total. The van der Waals surface area contributed by atoms with Crippen LogP contribution in [0.3, 0.4) is 0 Å². The number of likely N-dealkylation sites (tertiary alicyclic amines) is 1. The normalized spacial score (nSPS) is 25.6. The summed E-state index contributed by atoms with van der Waals surface area (Å²) >= 11 is 1.60. The summed E-state index contributed by atoms with van der Waals surface area (Å²) in [6.45, 7) is 7.55. The second-order valence-corrected chi connectivity index (χ2v) is 7.56. The quantitative estimate of drug-likeness (QED) is 0.840. The van der Waals surface area contributed by atoms with Crippen LogP contribution in [0, 0.1) is 5.92 Å². The van der Waals surface area contributed by atoms with Crippen LogP contribution in [0.1, 0.15) is 19.0 Å². The number of aromatic nitrogens is 2. The Bertz CT molecular complexity index is 678. The lowest BCUT2D eigenvalue weighted by molar-refractivity contribution is -0.129. The minimum Gasteiger partial charge on any atom is -0.379 e. The van der Waals surface area contributed by atoms with Crippen LogP contribution in [0.15, 0.2) is 17.8 Å². The van der Waals surface area contributed by atoms with Gasteiger partial charge in [-0.25, -0.2) is 4.98 Å². The molecule has 0 N–H and O–H groups in total. The summed E-state index contributed by atoms with van der Waals surface area (Å²) in [7, 11) is 0. The van der Waals surface area contributed by atoms with Gasteiger partial charge >= 0.3 is 0 Å². The van der Waals surface area contributed by atoms with Gasteiger partial charge in [-0.1, -0.05) is 13.3 Å². The Morgan fingerprint density at radius 1 is 1.38 bits per heavy atom. The fraction of sp³-hybridized carbons (Fsp3) is 0.647. The van der Waals surface area contributed by atoms with E-state index in [9.17, 15) is 4.79 Å². The number of hydrogen-bond donors (Lipinski definition) is 0. The number of ether oxygens (including phenoxy) is 1. The predicted molar refractivity (Wildman–Crippen MR) is 93.3 cm³/mol. The van der Waals surface area contributed by atoms with Crippen LogP contribution in [0.5, 0.6) is 0 Å². The molecule has 1 amide bonds. The van der Waals surface area contributed by atoms with Gasteiger partial charge in [0, 0.05) is 50.0 Å². The van der Waals surface area contributed by atoms with Crippen LogP contribution < -0.4 is 0 Å². The molecule has 2 atom stereocenters. The summed E-state index contributed by atoms with van der Waals surface area (Å²) in [4.78, 5) is 22.8. The van der Waals surface area contributed by atoms with E-state index in [1.807, 2.05) is 27.1 Å². The Morgan fingerprint density at radius 3 is 2.96 bits per heavy atom. The van der Waals surface area contributed by atoms with Crippen molar-refractivity contribution in [3.05, 3.63) is 23.5 Å². The topological polar surface area (TPSA) is 50.1 Å². The molecule has 2 aliphatic rings. The smallest absolute Gasteiger partial charge is 0.228 e. The highest BCUT2D eigenvalue weighted by molar-refractivity contribution is 7.15. The van der Waals surface area contributed by atoms with Crippen LogP contribution in [-0.2, 0) is 16.0 Å². The SMILES string of the molecule is CC[C@H]1CN(C(=O)Cc2cn3ccsc3n2)C[C@H]1N1CCOCC1. The van der Waals surface area contributed by atoms with Gasteiger partial charge < -0.3 is 9.64 Å². The van der Waals surface area contributed by atoms with Crippen LogP contribution in [0.2, 0.25) is 0 Å². The number of imidazole rings is 1. The third-order valence-electron chi connectivity index (χ3n) is 5.27. The summed E-state index contributed by atoms with van der Waals surface area (Å²) in [6.07, 6.45) is 5.47. The maximum atomic E-state index is 12.7. The molecule has 4 heterocycles. The van der Waals surface area contributed by atoms with Crippen molar-refractivity contribution in [2.24, 2.45) is 5.92 Å². The van der Waals surface area contributed by atoms with Crippen molar-refractivity contribution in [2.45, 2.75) is 25.8 Å². The first-order chi connectivity index (χ1) is 11.7. The monoisotopic (exact) mass is 348 g/mol. The Morgan fingerprint density at radius 2 is 2.21 bits per heavy atom. The molecule has 4 rings (SSSR count). The number of thiazole rings is 1. The van der Waals surface area contributed by atoms with E-state index in [0.717, 1.165) is 56.5 Å². The number of morpholine rings is 1. The van der Waals surface area contributed by atoms with E-state index in [2.05, 4.69) is 16.8 Å². The highest BCUT2D eigenvalue weighted by atomic mass is 32.1. The molecule has 130 valence electrons. The van der Waals surface area contributed by atoms with Crippen molar-refractivity contribution in [3.8, 4) is 0 Å². The highest BCUT2D eigenvalue weighted by Crippen LogP contribution is 2.26. The molecule has 0 saturated carbocycles. The first kappa shape index (κ1) is 16.1. The van der Waals surface area contributed by atoms with E-state index in [0.29, 0.717) is 18.4 Å². The molecule has 0 spiro atoms. The number of rotatable bonds is 4.